The van der Waals surface area contributed by atoms with E-state index in [0.29, 0.717) is 53.9 Å². The highest BCUT2D eigenvalue weighted by Crippen LogP contribution is 2.32. The minimum absolute atomic E-state index is 0.0261. The van der Waals surface area contributed by atoms with Gasteiger partial charge in [-0.1, -0.05) is 17.4 Å². The number of methoxy groups -OCH3 is 1. The molecule has 0 unspecified atom stereocenters. The Balaban J connectivity index is 1.36. The van der Waals surface area contributed by atoms with Gasteiger partial charge in [0.1, 0.15) is 5.75 Å². The summed E-state index contributed by atoms with van der Waals surface area (Å²) in [6, 6.07) is 13.0. The second-order valence-electron chi connectivity index (χ2n) is 9.00. The molecule has 2 aromatic carbocycles. The molecule has 1 N–H and O–H groups in total. The van der Waals surface area contributed by atoms with Gasteiger partial charge in [-0.25, -0.2) is 4.98 Å². The predicted molar refractivity (Wildman–Crippen MR) is 152 cm³/mol. The molecule has 1 fully saturated rings. The van der Waals surface area contributed by atoms with Gasteiger partial charge in [-0.3, -0.25) is 19.7 Å². The van der Waals surface area contributed by atoms with Crippen LogP contribution in [0.2, 0.25) is 0 Å². The number of thioether (sulfide) groups is 1. The molecule has 38 heavy (non-hydrogen) atoms. The number of nitrogens with one attached hydrogen (secondary N) is 1. The van der Waals surface area contributed by atoms with E-state index in [9.17, 15) is 14.4 Å². The van der Waals surface area contributed by atoms with E-state index in [4.69, 9.17) is 4.74 Å². The Labute approximate surface area is 230 Å². The first-order chi connectivity index (χ1) is 18.2. The number of hydrogen-bond donors (Lipinski definition) is 1. The Morgan fingerprint density at radius 3 is 2.37 bits per heavy atom. The number of rotatable bonds is 8. The molecule has 11 heteroatoms. The lowest BCUT2D eigenvalue weighted by Crippen LogP contribution is -2.50. The Morgan fingerprint density at radius 2 is 1.74 bits per heavy atom. The van der Waals surface area contributed by atoms with Gasteiger partial charge in [0.15, 0.2) is 5.13 Å². The van der Waals surface area contributed by atoms with Gasteiger partial charge in [0, 0.05) is 64.2 Å². The van der Waals surface area contributed by atoms with Crippen molar-refractivity contribution < 1.29 is 19.1 Å². The fraction of sp³-hybridized carbons (Fsp3) is 0.333. The minimum Gasteiger partial charge on any atom is -0.496 e. The third-order valence-electron chi connectivity index (χ3n) is 6.24. The first kappa shape index (κ1) is 27.5. The van der Waals surface area contributed by atoms with E-state index in [1.165, 1.54) is 11.3 Å². The SMILES string of the molecule is COc1ccc(CSc2cnc(NC(=O)c3ccc(N(C)C)cc3)s2)cc1C(=O)N1CCN(C(C)=O)CC1. The number of aromatic nitrogens is 1. The number of hydrogen-bond acceptors (Lipinski definition) is 8. The number of carbonyl (C=O) groups is 3. The van der Waals surface area contributed by atoms with Crippen molar-refractivity contribution in [2.45, 2.75) is 16.9 Å². The highest BCUT2D eigenvalue weighted by atomic mass is 32.2. The Morgan fingerprint density at radius 1 is 1.05 bits per heavy atom. The summed E-state index contributed by atoms with van der Waals surface area (Å²) in [5, 5.41) is 3.39. The van der Waals surface area contributed by atoms with E-state index in [2.05, 4.69) is 10.3 Å². The molecule has 3 aromatic rings. The number of benzene rings is 2. The molecular weight excluding hydrogens is 522 g/mol. The van der Waals surface area contributed by atoms with Crippen LogP contribution in [0.5, 0.6) is 5.75 Å². The van der Waals surface area contributed by atoms with Gasteiger partial charge in [-0.05, 0) is 42.0 Å². The van der Waals surface area contributed by atoms with Crippen LogP contribution in [0.15, 0.2) is 52.9 Å². The number of anilines is 2. The minimum atomic E-state index is -0.205. The van der Waals surface area contributed by atoms with Crippen LogP contribution in [0.25, 0.3) is 0 Å². The molecule has 0 radical (unpaired) electrons. The maximum absolute atomic E-state index is 13.2. The lowest BCUT2D eigenvalue weighted by atomic mass is 10.1. The highest BCUT2D eigenvalue weighted by Gasteiger charge is 2.25. The molecule has 1 aliphatic rings. The Hall–Kier alpha value is -3.57. The van der Waals surface area contributed by atoms with Crippen LogP contribution in [-0.4, -0.2) is 79.9 Å². The summed E-state index contributed by atoms with van der Waals surface area (Å²) in [6.45, 7) is 3.60. The van der Waals surface area contributed by atoms with Crippen LogP contribution in [0, 0.1) is 0 Å². The zero-order valence-electron chi connectivity index (χ0n) is 21.9. The van der Waals surface area contributed by atoms with Gasteiger partial charge in [0.25, 0.3) is 11.8 Å². The Kier molecular flexibility index (Phi) is 8.90. The summed E-state index contributed by atoms with van der Waals surface area (Å²) < 4.78 is 6.41. The van der Waals surface area contributed by atoms with Gasteiger partial charge in [-0.2, -0.15) is 0 Å². The molecule has 0 bridgehead atoms. The normalized spacial score (nSPS) is 13.3. The monoisotopic (exact) mass is 553 g/mol. The first-order valence-electron chi connectivity index (χ1n) is 12.1. The summed E-state index contributed by atoms with van der Waals surface area (Å²) in [5.41, 5.74) is 3.08. The summed E-state index contributed by atoms with van der Waals surface area (Å²) in [6.07, 6.45) is 1.74. The van der Waals surface area contributed by atoms with Gasteiger partial charge in [0.2, 0.25) is 5.91 Å². The van der Waals surface area contributed by atoms with E-state index in [-0.39, 0.29) is 17.7 Å². The van der Waals surface area contributed by atoms with Crippen molar-refractivity contribution in [3.8, 4) is 5.75 Å². The molecular formula is C27H31N5O4S2. The van der Waals surface area contributed by atoms with E-state index >= 15 is 0 Å². The summed E-state index contributed by atoms with van der Waals surface area (Å²) in [4.78, 5) is 47.3. The second-order valence-corrected chi connectivity index (χ2v) is 11.3. The van der Waals surface area contributed by atoms with Crippen LogP contribution in [0.3, 0.4) is 0 Å². The zero-order chi connectivity index (χ0) is 27.2. The van der Waals surface area contributed by atoms with E-state index in [1.807, 2.05) is 49.3 Å². The predicted octanol–water partition coefficient (Wildman–Crippen LogP) is 4.07. The second kappa shape index (κ2) is 12.3. The zero-order valence-corrected chi connectivity index (χ0v) is 23.5. The first-order valence-corrected chi connectivity index (χ1v) is 13.9. The third kappa shape index (κ3) is 6.65. The van der Waals surface area contributed by atoms with Crippen molar-refractivity contribution in [2.24, 2.45) is 0 Å². The van der Waals surface area contributed by atoms with Crippen LogP contribution >= 0.6 is 23.1 Å². The molecule has 0 spiro atoms. The summed E-state index contributed by atoms with van der Waals surface area (Å²) >= 11 is 2.99. The van der Waals surface area contributed by atoms with Crippen LogP contribution in [-0.2, 0) is 10.5 Å². The molecule has 0 atom stereocenters. The molecule has 1 aliphatic heterocycles. The van der Waals surface area contributed by atoms with Gasteiger partial charge >= 0.3 is 0 Å². The number of thiazole rings is 1. The van der Waals surface area contributed by atoms with Crippen molar-refractivity contribution in [1.82, 2.24) is 14.8 Å². The third-order valence-corrected chi connectivity index (χ3v) is 8.42. The highest BCUT2D eigenvalue weighted by molar-refractivity contribution is 8.00. The number of nitrogens with zero attached hydrogens (tertiary/aromatic N) is 4. The molecule has 0 aliphatic carbocycles. The van der Waals surface area contributed by atoms with Gasteiger partial charge in [-0.15, -0.1) is 11.8 Å². The molecule has 0 saturated carbocycles. The number of amides is 3. The largest absolute Gasteiger partial charge is 0.496 e. The summed E-state index contributed by atoms with van der Waals surface area (Å²) in [5.74, 6) is 0.878. The fourth-order valence-corrected chi connectivity index (χ4v) is 5.84. The quantitative estimate of drug-likeness (QED) is 0.420. The average molecular weight is 554 g/mol. The van der Waals surface area contributed by atoms with Gasteiger partial charge in [0.05, 0.1) is 23.1 Å². The lowest BCUT2D eigenvalue weighted by Gasteiger charge is -2.34. The van der Waals surface area contributed by atoms with Crippen molar-refractivity contribution in [3.63, 3.8) is 0 Å². The molecule has 9 nitrogen and oxygen atoms in total. The molecule has 200 valence electrons. The van der Waals surface area contributed by atoms with Crippen LogP contribution < -0.4 is 15.0 Å². The lowest BCUT2D eigenvalue weighted by molar-refractivity contribution is -0.130. The van der Waals surface area contributed by atoms with Crippen molar-refractivity contribution in [3.05, 3.63) is 65.4 Å². The molecule has 1 aromatic heterocycles. The van der Waals surface area contributed by atoms with Crippen molar-refractivity contribution in [1.29, 1.82) is 0 Å². The smallest absolute Gasteiger partial charge is 0.257 e. The summed E-state index contributed by atoms with van der Waals surface area (Å²) in [7, 11) is 5.46. The maximum Gasteiger partial charge on any atom is 0.257 e. The average Bonchev–Trinajstić information content (AvgIpc) is 3.38. The standard InChI is InChI=1S/C27H31N5O4S2/c1-18(33)31-11-13-32(14-12-31)26(35)22-15-19(5-10-23(22)36-4)17-37-24-16-28-27(38-24)29-25(34)20-6-8-21(9-7-20)30(2)3/h5-10,15-16H,11-14,17H2,1-4H3,(H,28,29,34). The maximum atomic E-state index is 13.2. The Bertz CT molecular complexity index is 1300. The number of carbonyl (C=O) groups excluding carboxylic acids is 3. The number of piperazine rings is 1. The molecule has 3 amide bonds. The van der Waals surface area contributed by atoms with Gasteiger partial charge < -0.3 is 19.4 Å². The van der Waals surface area contributed by atoms with E-state index < -0.39 is 0 Å². The molecule has 2 heterocycles. The fourth-order valence-electron chi connectivity index (χ4n) is 4.03. The van der Waals surface area contributed by atoms with E-state index in [1.54, 1.807) is 53.9 Å². The van der Waals surface area contributed by atoms with E-state index in [0.717, 1.165) is 15.5 Å². The topological polar surface area (TPSA) is 95.1 Å². The van der Waals surface area contributed by atoms with Crippen molar-refractivity contribution in [2.75, 3.05) is 57.6 Å². The number of ether oxygens (including phenoxy) is 1. The van der Waals surface area contributed by atoms with Crippen LogP contribution in [0.1, 0.15) is 33.2 Å². The van der Waals surface area contributed by atoms with Crippen LogP contribution in [0.4, 0.5) is 10.8 Å². The van der Waals surface area contributed by atoms with Crippen molar-refractivity contribution >= 4 is 51.6 Å². The molecule has 4 rings (SSSR count). The molecule has 1 saturated heterocycles.